The van der Waals surface area contributed by atoms with Gasteiger partial charge in [-0.2, -0.15) is 4.98 Å². The highest BCUT2D eigenvalue weighted by Gasteiger charge is 2.25. The zero-order valence-electron chi connectivity index (χ0n) is 18.8. The van der Waals surface area contributed by atoms with Gasteiger partial charge in [-0.05, 0) is 64.6 Å². The molecular formula is C20H40N8O4. The molecule has 1 heterocycles. The largest absolute Gasteiger partial charge is 0.480 e. The van der Waals surface area contributed by atoms with Crippen LogP contribution in [0, 0.1) is 0 Å². The average molecular weight is 457 g/mol. The Labute approximate surface area is 189 Å². The first-order valence-corrected chi connectivity index (χ1v) is 11.4. The molecule has 0 fully saturated rings. The number of carbonyl (C=O) groups excluding carboxylic acids is 1. The summed E-state index contributed by atoms with van der Waals surface area (Å²) >= 11 is 0. The molecule has 1 aromatic rings. The lowest BCUT2D eigenvalue weighted by atomic mass is 10.1. The van der Waals surface area contributed by atoms with E-state index >= 15 is 0 Å². The number of nitrogens with one attached hydrogen (secondary N) is 2. The Morgan fingerprint density at radius 1 is 0.875 bits per heavy atom. The fraction of sp³-hybridized carbons (Fsp3) is 0.800. The van der Waals surface area contributed by atoms with Crippen LogP contribution < -0.4 is 33.6 Å². The van der Waals surface area contributed by atoms with Gasteiger partial charge >= 0.3 is 12.0 Å². The molecule has 0 aliphatic heterocycles. The number of carboxylic acid groups (broad SMARTS) is 1. The number of aliphatic carboxylic acids is 1. The lowest BCUT2D eigenvalue weighted by Gasteiger charge is -2.19. The van der Waals surface area contributed by atoms with Gasteiger partial charge in [0.15, 0.2) is 5.82 Å². The van der Waals surface area contributed by atoms with E-state index in [4.69, 9.17) is 27.5 Å². The SMILES string of the molecule is NCCCCC[C@H](NC(=O)N[C@@H](CCCCN)c1nc([C@@H](N)CCCCN)no1)C(=O)O. The van der Waals surface area contributed by atoms with Gasteiger partial charge in [0.25, 0.3) is 0 Å². The second-order valence-electron chi connectivity index (χ2n) is 7.87. The zero-order valence-corrected chi connectivity index (χ0v) is 18.8. The Morgan fingerprint density at radius 2 is 1.47 bits per heavy atom. The summed E-state index contributed by atoms with van der Waals surface area (Å²) in [5.74, 6) is -0.487. The van der Waals surface area contributed by atoms with Crippen molar-refractivity contribution in [2.75, 3.05) is 19.6 Å². The highest BCUT2D eigenvalue weighted by Crippen LogP contribution is 2.21. The molecule has 0 unspecified atom stereocenters. The Kier molecular flexibility index (Phi) is 14.2. The summed E-state index contributed by atoms with van der Waals surface area (Å²) in [5, 5.41) is 18.6. The van der Waals surface area contributed by atoms with E-state index < -0.39 is 24.1 Å². The highest BCUT2D eigenvalue weighted by atomic mass is 16.5. The van der Waals surface area contributed by atoms with Crippen molar-refractivity contribution < 1.29 is 19.2 Å². The number of carboxylic acids is 1. The minimum Gasteiger partial charge on any atom is -0.480 e. The fourth-order valence-corrected chi connectivity index (χ4v) is 3.21. The molecule has 1 aromatic heterocycles. The van der Waals surface area contributed by atoms with Crippen LogP contribution in [-0.2, 0) is 4.79 Å². The fourth-order valence-electron chi connectivity index (χ4n) is 3.21. The summed E-state index contributed by atoms with van der Waals surface area (Å²) in [6.07, 6.45) is 6.99. The first kappa shape index (κ1) is 27.8. The molecule has 32 heavy (non-hydrogen) atoms. The van der Waals surface area contributed by atoms with E-state index in [1.54, 1.807) is 0 Å². The summed E-state index contributed by atoms with van der Waals surface area (Å²) in [6, 6.07) is -2.57. The van der Waals surface area contributed by atoms with E-state index in [2.05, 4.69) is 20.8 Å². The molecule has 3 atom stereocenters. The summed E-state index contributed by atoms with van der Waals surface area (Å²) < 4.78 is 5.36. The van der Waals surface area contributed by atoms with Crippen LogP contribution in [0.2, 0.25) is 0 Å². The summed E-state index contributed by atoms with van der Waals surface area (Å²) in [7, 11) is 0. The molecule has 12 heteroatoms. The lowest BCUT2D eigenvalue weighted by molar-refractivity contribution is -0.139. The first-order valence-electron chi connectivity index (χ1n) is 11.4. The smallest absolute Gasteiger partial charge is 0.326 e. The third kappa shape index (κ3) is 10.8. The third-order valence-corrected chi connectivity index (χ3v) is 5.11. The van der Waals surface area contributed by atoms with Crippen molar-refractivity contribution >= 4 is 12.0 Å². The monoisotopic (exact) mass is 456 g/mol. The van der Waals surface area contributed by atoms with Crippen molar-refractivity contribution in [1.82, 2.24) is 20.8 Å². The van der Waals surface area contributed by atoms with E-state index in [9.17, 15) is 14.7 Å². The number of aromatic nitrogens is 2. The average Bonchev–Trinajstić information content (AvgIpc) is 3.25. The molecule has 1 rings (SSSR count). The van der Waals surface area contributed by atoms with Crippen LogP contribution in [-0.4, -0.2) is 52.9 Å². The van der Waals surface area contributed by atoms with E-state index in [-0.39, 0.29) is 11.9 Å². The zero-order chi connectivity index (χ0) is 23.8. The van der Waals surface area contributed by atoms with Gasteiger partial charge in [0.2, 0.25) is 5.89 Å². The molecule has 12 nitrogen and oxygen atoms in total. The van der Waals surface area contributed by atoms with E-state index in [0.717, 1.165) is 38.5 Å². The van der Waals surface area contributed by atoms with Gasteiger partial charge in [-0.1, -0.05) is 24.4 Å². The number of hydrogen-bond acceptors (Lipinski definition) is 9. The minimum atomic E-state index is -1.09. The van der Waals surface area contributed by atoms with Gasteiger partial charge in [-0.3, -0.25) is 0 Å². The Hall–Kier alpha value is -2.28. The van der Waals surface area contributed by atoms with E-state index in [1.807, 2.05) is 0 Å². The standard InChI is InChI=1S/C20H40N8O4/c21-11-5-1-2-10-16(19(29)30)26-20(31)25-15(9-4-7-13-23)18-27-17(28-32-18)14(24)8-3-6-12-22/h14-16H,1-13,21-24H2,(H,29,30)(H2,25,26,31)/t14-,15-,16-/m0/s1. The minimum absolute atomic E-state index is 0.233. The van der Waals surface area contributed by atoms with Gasteiger partial charge in [0.1, 0.15) is 12.1 Å². The quantitative estimate of drug-likeness (QED) is 0.153. The molecule has 0 aliphatic rings. The maximum absolute atomic E-state index is 12.5. The van der Waals surface area contributed by atoms with Gasteiger partial charge in [0, 0.05) is 0 Å². The number of unbranched alkanes of at least 4 members (excludes halogenated alkanes) is 4. The van der Waals surface area contributed by atoms with Crippen molar-refractivity contribution in [3.63, 3.8) is 0 Å². The van der Waals surface area contributed by atoms with Gasteiger partial charge < -0.3 is 43.2 Å². The van der Waals surface area contributed by atoms with Crippen molar-refractivity contribution in [2.45, 2.75) is 82.3 Å². The Balaban J connectivity index is 2.75. The van der Waals surface area contributed by atoms with Crippen LogP contribution in [0.5, 0.6) is 0 Å². The lowest BCUT2D eigenvalue weighted by Crippen LogP contribution is -2.47. The first-order chi connectivity index (χ1) is 15.4. The number of carbonyl (C=O) groups is 2. The van der Waals surface area contributed by atoms with Crippen LogP contribution in [0.4, 0.5) is 4.79 Å². The summed E-state index contributed by atoms with van der Waals surface area (Å²) in [5.41, 5.74) is 22.7. The van der Waals surface area contributed by atoms with Crippen LogP contribution in [0.3, 0.4) is 0 Å². The molecule has 0 aromatic carbocycles. The normalized spacial score (nSPS) is 14.0. The Bertz CT molecular complexity index is 657. The number of nitrogens with zero attached hydrogens (tertiary/aromatic N) is 2. The van der Waals surface area contributed by atoms with Crippen molar-refractivity contribution in [2.24, 2.45) is 22.9 Å². The van der Waals surface area contributed by atoms with Crippen molar-refractivity contribution in [3.05, 3.63) is 11.7 Å². The maximum atomic E-state index is 12.5. The highest BCUT2D eigenvalue weighted by molar-refractivity contribution is 5.82. The predicted molar refractivity (Wildman–Crippen MR) is 120 cm³/mol. The van der Waals surface area contributed by atoms with Crippen LogP contribution in [0.25, 0.3) is 0 Å². The van der Waals surface area contributed by atoms with E-state index in [0.29, 0.717) is 51.1 Å². The molecule has 0 saturated carbocycles. The number of rotatable bonds is 18. The number of amides is 2. The topological polar surface area (TPSA) is 221 Å². The summed E-state index contributed by atoms with van der Waals surface area (Å²) in [6.45, 7) is 1.67. The molecule has 2 amide bonds. The molecule has 0 bridgehead atoms. The second-order valence-corrected chi connectivity index (χ2v) is 7.87. The number of hydrogen-bond donors (Lipinski definition) is 7. The molecule has 184 valence electrons. The number of urea groups is 1. The molecule has 0 spiro atoms. The van der Waals surface area contributed by atoms with Crippen molar-refractivity contribution in [1.29, 1.82) is 0 Å². The van der Waals surface area contributed by atoms with Gasteiger partial charge in [0.05, 0.1) is 6.04 Å². The molecular weight excluding hydrogens is 416 g/mol. The molecule has 0 aliphatic carbocycles. The van der Waals surface area contributed by atoms with Crippen LogP contribution in [0.1, 0.15) is 88.0 Å². The molecule has 0 radical (unpaired) electrons. The van der Waals surface area contributed by atoms with Crippen molar-refractivity contribution in [3.8, 4) is 0 Å². The molecule has 11 N–H and O–H groups in total. The van der Waals surface area contributed by atoms with Gasteiger partial charge in [-0.25, -0.2) is 9.59 Å². The summed E-state index contributed by atoms with van der Waals surface area (Å²) in [4.78, 5) is 28.4. The van der Waals surface area contributed by atoms with Gasteiger partial charge in [-0.15, -0.1) is 0 Å². The second kappa shape index (κ2) is 16.4. The van der Waals surface area contributed by atoms with Crippen LogP contribution >= 0.6 is 0 Å². The number of nitrogens with two attached hydrogens (primary N) is 4. The van der Waals surface area contributed by atoms with E-state index in [1.165, 1.54) is 0 Å². The van der Waals surface area contributed by atoms with Crippen LogP contribution in [0.15, 0.2) is 4.52 Å². The predicted octanol–water partition coefficient (Wildman–Crippen LogP) is 0.640. The Morgan fingerprint density at radius 3 is 2.09 bits per heavy atom. The third-order valence-electron chi connectivity index (χ3n) is 5.11. The maximum Gasteiger partial charge on any atom is 0.326 e. The molecule has 0 saturated heterocycles.